The van der Waals surface area contributed by atoms with E-state index in [-0.39, 0.29) is 79.2 Å². The number of carbonyl (C=O) groups excluding carboxylic acids is 9. The first-order chi connectivity index (χ1) is 58.3. The standard InChI is InChI=1S/C26H25FN4O4S.C17H13FN4OS.2C13H21NO6.C10H19NO3.C6H8O4/c1-31-11-10-30-26(31)23-15-20-25(36-23)22(6-9-29-20)35-21-3-2-16(13-19(21)27)12-17(32)14-24(33)34-18-4-7-28-8-5-18;1-22-7-6-21-17(22)15-9-12-16(24-15)14(4-5-20-12)23-13-3-2-10(19)8-11(13)18;2*1-13(2,3)20-12(18)14-6-4-9(5-7-14)19-11(17)8-10(15)16;1-10(2,3)14-9(13)11-6-4-8(12)5-7-11;1-6(2)9-4(7)3-5(8)10-6/h2-3,6,9-11,13,15,18,28H,4-5,7-8,12,14H2,1H3;2-9H,19H2,1H3;2*9H,4-8H2,1-3H3,(H,15,16);8,12H,4-7H2,1-3H3;3H2,1-2H3. The first kappa shape index (κ1) is 97.5. The zero-order chi connectivity index (χ0) is 91.0. The fourth-order valence-electron chi connectivity index (χ4n) is 12.4. The minimum atomic E-state index is -1.21. The predicted octanol–water partition coefficient (Wildman–Crippen LogP) is 13.0. The Balaban J connectivity index is 0.000000193. The number of aryl methyl sites for hydroxylation is 2. The summed E-state index contributed by atoms with van der Waals surface area (Å²) in [6.07, 6.45) is 11.2. The Morgan fingerprint density at radius 3 is 1.26 bits per heavy atom. The molecule has 0 spiro atoms. The molecule has 5 aliphatic rings. The number of carboxylic acids is 2. The van der Waals surface area contributed by atoms with Crippen molar-refractivity contribution >= 4 is 115 Å². The summed E-state index contributed by atoms with van der Waals surface area (Å²) in [5, 5.41) is 29.4. The first-order valence-electron chi connectivity index (χ1n) is 40.0. The van der Waals surface area contributed by atoms with E-state index in [1.54, 1.807) is 105 Å². The lowest BCUT2D eigenvalue weighted by atomic mass is 10.1. The van der Waals surface area contributed by atoms with Crippen LogP contribution in [-0.4, -0.2) is 224 Å². The van der Waals surface area contributed by atoms with Crippen LogP contribution in [0.1, 0.15) is 159 Å². The van der Waals surface area contributed by atoms with Gasteiger partial charge in [0.15, 0.2) is 23.1 Å². The molecule has 0 saturated carbocycles. The van der Waals surface area contributed by atoms with Gasteiger partial charge in [-0.2, -0.15) is 0 Å². The number of amides is 3. The van der Waals surface area contributed by atoms with E-state index < -0.39 is 88.9 Å². The average molecular weight is 1770 g/mol. The van der Waals surface area contributed by atoms with Gasteiger partial charge in [0.2, 0.25) is 0 Å². The van der Waals surface area contributed by atoms with Crippen LogP contribution in [0, 0.1) is 11.6 Å². The minimum Gasteiger partial charge on any atom is -0.481 e. The van der Waals surface area contributed by atoms with E-state index in [1.165, 1.54) is 60.8 Å². The molecule has 0 unspecified atom stereocenters. The second kappa shape index (κ2) is 44.4. The van der Waals surface area contributed by atoms with E-state index in [9.17, 15) is 66.6 Å². The number of benzene rings is 2. The number of fused-ring (bicyclic) bond motifs is 2. The summed E-state index contributed by atoms with van der Waals surface area (Å²) < 4.78 is 86.5. The van der Waals surface area contributed by atoms with Crippen molar-refractivity contribution in [1.82, 2.24) is 49.1 Å². The van der Waals surface area contributed by atoms with Crippen molar-refractivity contribution in [3.8, 4) is 44.4 Å². The van der Waals surface area contributed by atoms with Crippen molar-refractivity contribution in [2.24, 2.45) is 14.1 Å². The number of esters is 5. The smallest absolute Gasteiger partial charge is 0.410 e. The Morgan fingerprint density at radius 2 is 0.895 bits per heavy atom. The minimum absolute atomic E-state index is 0.0379. The third-order valence-electron chi connectivity index (χ3n) is 18.1. The maximum absolute atomic E-state index is 14.9. The summed E-state index contributed by atoms with van der Waals surface area (Å²) in [4.78, 5) is 148. The summed E-state index contributed by atoms with van der Waals surface area (Å²) in [6, 6.07) is 16.0. The molecule has 0 bridgehead atoms. The number of piperidine rings is 4. The predicted molar refractivity (Wildman–Crippen MR) is 449 cm³/mol. The van der Waals surface area contributed by atoms with Crippen molar-refractivity contribution in [3.05, 3.63) is 115 Å². The highest BCUT2D eigenvalue weighted by atomic mass is 32.1. The fourth-order valence-corrected chi connectivity index (χ4v) is 14.6. The molecule has 35 nitrogen and oxygen atoms in total. The number of likely N-dealkylation sites (tertiary alicyclic amines) is 3. The number of cyclic esters (lactones) is 2. The van der Waals surface area contributed by atoms with Gasteiger partial charge >= 0.3 is 60.1 Å². The van der Waals surface area contributed by atoms with E-state index in [4.69, 9.17) is 53.8 Å². The van der Waals surface area contributed by atoms with Crippen LogP contribution >= 0.6 is 22.7 Å². The zero-order valence-electron chi connectivity index (χ0n) is 71.5. The van der Waals surface area contributed by atoms with Crippen molar-refractivity contribution in [2.45, 2.75) is 207 Å². The number of nitrogen functional groups attached to an aromatic ring is 1. The van der Waals surface area contributed by atoms with Crippen LogP contribution in [-0.2, 0) is 96.8 Å². The molecule has 8 aromatic rings. The molecule has 6 aromatic heterocycles. The lowest BCUT2D eigenvalue weighted by Gasteiger charge is -2.33. The highest BCUT2D eigenvalue weighted by molar-refractivity contribution is 7.22. The lowest BCUT2D eigenvalue weighted by molar-refractivity contribution is -0.231. The van der Waals surface area contributed by atoms with Crippen LogP contribution in [0.5, 0.6) is 23.0 Å². The molecule has 0 atom stereocenters. The van der Waals surface area contributed by atoms with Gasteiger partial charge in [0, 0.05) is 160 Å². The van der Waals surface area contributed by atoms with Crippen molar-refractivity contribution in [1.29, 1.82) is 0 Å². The SMILES string of the molecule is CC(C)(C)OC(=O)N1CCC(O)CC1.CC(C)(C)OC(=O)N1CCC(OC(=O)CC(=O)O)CC1.CC(C)(C)OC(=O)N1CCC(OC(=O)CC(=O)O)CC1.CC1(C)OC(=O)CC(=O)O1.Cn1ccnc1-c1cc2nccc(Oc3ccc(CC(=O)CC(=O)OC4CCNCC4)cc3F)c2s1.Cn1ccnc1-c1cc2nccc(Oc3ccc(N)cc3F)c2s1. The summed E-state index contributed by atoms with van der Waals surface area (Å²) in [7, 11) is 3.85. The maximum atomic E-state index is 14.9. The summed E-state index contributed by atoms with van der Waals surface area (Å²) in [5.74, 6) is -5.12. The van der Waals surface area contributed by atoms with Crippen molar-refractivity contribution < 1.29 is 124 Å². The largest absolute Gasteiger partial charge is 0.481 e. The van der Waals surface area contributed by atoms with Gasteiger partial charge in [-0.3, -0.25) is 48.3 Å². The summed E-state index contributed by atoms with van der Waals surface area (Å²) in [5.41, 5.74) is 6.39. The van der Waals surface area contributed by atoms with Crippen LogP contribution in [0.25, 0.3) is 41.8 Å². The monoisotopic (exact) mass is 1770 g/mol. The normalized spacial score (nSPS) is 15.7. The third kappa shape index (κ3) is 32.4. The van der Waals surface area contributed by atoms with Crippen LogP contribution in [0.4, 0.5) is 28.9 Å². The number of hydrogen-bond acceptors (Lipinski definition) is 30. The number of pyridine rings is 2. The second-order valence-corrected chi connectivity index (χ2v) is 34.8. The molecule has 5 fully saturated rings. The number of aliphatic hydroxyl groups is 1. The molecule has 0 radical (unpaired) electrons. The molecule has 13 rings (SSSR count). The lowest BCUT2D eigenvalue weighted by Crippen LogP contribution is -2.43. The third-order valence-corrected chi connectivity index (χ3v) is 20.3. The Labute approximate surface area is 722 Å². The number of nitrogens with one attached hydrogen (secondary N) is 1. The quantitative estimate of drug-likeness (QED) is 0.0245. The number of hydrogen-bond donors (Lipinski definition) is 5. The molecule has 5 aliphatic heterocycles. The van der Waals surface area contributed by atoms with E-state index >= 15 is 0 Å². The molecule has 5 saturated heterocycles. The molecule has 11 heterocycles. The molecule has 39 heteroatoms. The van der Waals surface area contributed by atoms with Gasteiger partial charge in [-0.25, -0.2) is 33.1 Å². The van der Waals surface area contributed by atoms with Gasteiger partial charge in [-0.15, -0.1) is 22.7 Å². The Hall–Kier alpha value is -12.0. The number of nitrogens with two attached hydrogens (primary N) is 1. The molecular weight excluding hydrogens is 1660 g/mol. The summed E-state index contributed by atoms with van der Waals surface area (Å²) >= 11 is 2.97. The van der Waals surface area contributed by atoms with E-state index in [0.717, 1.165) is 67.8 Å². The number of Topliss-reactive ketones (excluding diaryl/α,β-unsaturated/α-hetero) is 1. The number of carbonyl (C=O) groups is 11. The zero-order valence-corrected chi connectivity index (χ0v) is 73.1. The van der Waals surface area contributed by atoms with Crippen LogP contribution in [0.3, 0.4) is 0 Å². The van der Waals surface area contributed by atoms with Gasteiger partial charge in [-0.05, 0) is 143 Å². The van der Waals surface area contributed by atoms with Crippen LogP contribution < -0.4 is 20.5 Å². The van der Waals surface area contributed by atoms with Gasteiger partial charge in [0.25, 0.3) is 5.79 Å². The van der Waals surface area contributed by atoms with E-state index in [2.05, 4.69) is 34.7 Å². The molecular formula is C85H107F2N11O24S2. The average Bonchev–Trinajstić information content (AvgIpc) is 1.64. The Kier molecular flexibility index (Phi) is 34.9. The Bertz CT molecular complexity index is 4950. The van der Waals surface area contributed by atoms with Crippen molar-refractivity contribution in [3.63, 3.8) is 0 Å². The first-order valence-corrected chi connectivity index (χ1v) is 41.6. The number of ether oxygens (including phenoxy) is 10. The molecule has 124 heavy (non-hydrogen) atoms. The number of ketones is 1. The molecule has 672 valence electrons. The second-order valence-electron chi connectivity index (χ2n) is 32.7. The molecule has 0 aliphatic carbocycles. The number of imidazole rings is 2. The molecule has 2 aromatic carbocycles. The highest BCUT2D eigenvalue weighted by Crippen LogP contribution is 2.41. The topological polar surface area (TPSA) is 450 Å². The van der Waals surface area contributed by atoms with Crippen LogP contribution in [0.2, 0.25) is 0 Å². The fraction of sp³-hybridized carbons (Fsp3) is 0.494. The highest BCUT2D eigenvalue weighted by Gasteiger charge is 2.36. The Morgan fingerprint density at radius 1 is 0.516 bits per heavy atom. The number of carboxylic acid groups (broad SMARTS) is 2. The van der Waals surface area contributed by atoms with Gasteiger partial charge < -0.3 is 97.6 Å². The number of rotatable bonds is 17. The van der Waals surface area contributed by atoms with E-state index in [1.807, 2.05) is 68.5 Å². The number of aliphatic carboxylic acids is 2. The number of halogens is 2. The number of aliphatic hydroxyl groups excluding tert-OH is 1. The van der Waals surface area contributed by atoms with Gasteiger partial charge in [0.05, 0.1) is 36.3 Å². The molecule has 3 amide bonds. The van der Waals surface area contributed by atoms with Gasteiger partial charge in [-0.1, -0.05) is 6.07 Å². The summed E-state index contributed by atoms with van der Waals surface area (Å²) in [6.45, 7) is 23.9. The van der Waals surface area contributed by atoms with Gasteiger partial charge in [0.1, 0.15) is 89.7 Å². The number of thiophene rings is 2. The van der Waals surface area contributed by atoms with E-state index in [0.29, 0.717) is 101 Å². The number of anilines is 1. The maximum Gasteiger partial charge on any atom is 0.410 e. The molecule has 6 N–H and O–H groups in total. The number of nitrogens with zero attached hydrogens (tertiary/aromatic N) is 9. The van der Waals surface area contributed by atoms with Crippen molar-refractivity contribution in [2.75, 3.05) is 58.1 Å². The number of aromatic nitrogens is 6. The van der Waals surface area contributed by atoms with Crippen LogP contribution in [0.15, 0.2) is 97.8 Å².